The van der Waals surface area contributed by atoms with Crippen LogP contribution in [-0.2, 0) is 4.74 Å². The number of fused-ring (bicyclic) bond motifs is 3. The first-order valence-corrected chi connectivity index (χ1v) is 13.7. The number of aromatic nitrogens is 2. The fourth-order valence-electron chi connectivity index (χ4n) is 6.23. The highest BCUT2D eigenvalue weighted by atomic mass is 19.1. The van der Waals surface area contributed by atoms with Gasteiger partial charge in [-0.3, -0.25) is 0 Å². The first kappa shape index (κ1) is 24.9. The Morgan fingerprint density at radius 3 is 2.32 bits per heavy atom. The summed E-state index contributed by atoms with van der Waals surface area (Å²) in [5, 5.41) is 17.7. The van der Waals surface area contributed by atoms with E-state index in [1.54, 1.807) is 13.2 Å². The predicted octanol–water partition coefficient (Wildman–Crippen LogP) is 5.06. The molecule has 1 N–H and O–H groups in total. The first-order chi connectivity index (χ1) is 18.6. The zero-order valence-corrected chi connectivity index (χ0v) is 22.0. The van der Waals surface area contributed by atoms with Crippen molar-refractivity contribution in [1.29, 1.82) is 5.26 Å². The normalized spacial score (nSPS) is 23.4. The summed E-state index contributed by atoms with van der Waals surface area (Å²) < 4.78 is 22.0. The summed E-state index contributed by atoms with van der Waals surface area (Å²) in [5.41, 5.74) is 3.96. The molecule has 2 bridgehead atoms. The molecule has 0 atom stereocenters. The molecule has 2 aromatic carbocycles. The lowest BCUT2D eigenvalue weighted by molar-refractivity contribution is 0.0360. The molecule has 3 aromatic rings. The van der Waals surface area contributed by atoms with Gasteiger partial charge in [0.15, 0.2) is 0 Å². The van der Waals surface area contributed by atoms with Gasteiger partial charge in [0.05, 0.1) is 23.0 Å². The summed E-state index contributed by atoms with van der Waals surface area (Å²) in [7, 11) is 1.79. The van der Waals surface area contributed by atoms with Crippen molar-refractivity contribution in [2.75, 3.05) is 56.6 Å². The molecule has 0 radical (unpaired) electrons. The van der Waals surface area contributed by atoms with Crippen molar-refractivity contribution in [2.24, 2.45) is 5.41 Å². The number of rotatable bonds is 7. The zero-order chi connectivity index (χ0) is 26.1. The van der Waals surface area contributed by atoms with E-state index in [4.69, 9.17) is 9.84 Å². The molecule has 7 rings (SSSR count). The molecule has 5 heterocycles. The summed E-state index contributed by atoms with van der Waals surface area (Å²) in [6.07, 6.45) is 6.06. The molecule has 4 aliphatic rings. The number of ether oxygens (including phenoxy) is 1. The molecule has 4 fully saturated rings. The molecule has 198 valence electrons. The van der Waals surface area contributed by atoms with E-state index in [1.165, 1.54) is 56.7 Å². The summed E-state index contributed by atoms with van der Waals surface area (Å²) >= 11 is 0. The van der Waals surface area contributed by atoms with Crippen LogP contribution in [0.4, 0.5) is 15.9 Å². The van der Waals surface area contributed by atoms with Crippen LogP contribution in [0.15, 0.2) is 48.5 Å². The van der Waals surface area contributed by atoms with Gasteiger partial charge in [-0.1, -0.05) is 6.07 Å². The highest BCUT2D eigenvalue weighted by Crippen LogP contribution is 2.40. The summed E-state index contributed by atoms with van der Waals surface area (Å²) in [6, 6.07) is 17.1. The number of nitrogens with zero attached hydrogens (tertiary/aromatic N) is 5. The van der Waals surface area contributed by atoms with Crippen molar-refractivity contribution >= 4 is 11.5 Å². The van der Waals surface area contributed by atoms with Crippen molar-refractivity contribution < 1.29 is 9.13 Å². The molecule has 4 aliphatic heterocycles. The van der Waals surface area contributed by atoms with Crippen LogP contribution in [-0.4, -0.2) is 67.2 Å². The number of methoxy groups -OCH3 is 1. The van der Waals surface area contributed by atoms with E-state index in [0.717, 1.165) is 49.7 Å². The molecular weight excluding hydrogens is 479 g/mol. The summed E-state index contributed by atoms with van der Waals surface area (Å²) in [4.78, 5) is 4.94. The minimum atomic E-state index is -0.519. The number of hydrogen-bond donors (Lipinski definition) is 1. The van der Waals surface area contributed by atoms with Crippen molar-refractivity contribution in [3.63, 3.8) is 0 Å². The lowest BCUT2D eigenvalue weighted by atomic mass is 9.72. The van der Waals surface area contributed by atoms with E-state index in [2.05, 4.69) is 39.4 Å². The van der Waals surface area contributed by atoms with Gasteiger partial charge in [0, 0.05) is 44.1 Å². The molecule has 0 amide bonds. The van der Waals surface area contributed by atoms with Gasteiger partial charge in [-0.15, -0.1) is 5.10 Å². The van der Waals surface area contributed by atoms with E-state index in [1.807, 2.05) is 16.8 Å². The quantitative estimate of drug-likeness (QED) is 0.475. The number of hydrogen-bond acceptors (Lipinski definition) is 6. The molecule has 8 heteroatoms. The third-order valence-corrected chi connectivity index (χ3v) is 8.85. The predicted molar refractivity (Wildman–Crippen MR) is 147 cm³/mol. The fourth-order valence-corrected chi connectivity index (χ4v) is 6.23. The zero-order valence-electron chi connectivity index (χ0n) is 22.0. The second kappa shape index (κ2) is 10.4. The summed E-state index contributed by atoms with van der Waals surface area (Å²) in [5.74, 6) is 0.271. The Kier molecular flexibility index (Phi) is 6.81. The van der Waals surface area contributed by atoms with Gasteiger partial charge in [-0.2, -0.15) is 5.26 Å². The fraction of sp³-hybridized carbons (Fsp3) is 0.467. The molecule has 38 heavy (non-hydrogen) atoms. The SMILES string of the molecule is COC1CCN(c2ccc(-n3nc(NCC45CCN(CC4)CC5)cc3-c3ccc(C#N)c(F)c3)cc2)CC1. The minimum absolute atomic E-state index is 0.0440. The highest BCUT2D eigenvalue weighted by Gasteiger charge is 2.39. The van der Waals surface area contributed by atoms with Crippen molar-refractivity contribution in [2.45, 2.75) is 38.2 Å². The van der Waals surface area contributed by atoms with E-state index in [0.29, 0.717) is 17.1 Å². The van der Waals surface area contributed by atoms with Crippen LogP contribution < -0.4 is 10.2 Å². The largest absolute Gasteiger partial charge is 0.381 e. The van der Waals surface area contributed by atoms with Crippen LogP contribution in [0, 0.1) is 22.6 Å². The van der Waals surface area contributed by atoms with Crippen LogP contribution >= 0.6 is 0 Å². The average molecular weight is 515 g/mol. The minimum Gasteiger partial charge on any atom is -0.381 e. The van der Waals surface area contributed by atoms with Crippen LogP contribution in [0.3, 0.4) is 0 Å². The Morgan fingerprint density at radius 2 is 1.68 bits per heavy atom. The monoisotopic (exact) mass is 514 g/mol. The average Bonchev–Trinajstić information content (AvgIpc) is 3.42. The lowest BCUT2D eigenvalue weighted by Crippen LogP contribution is -2.50. The molecule has 0 unspecified atom stereocenters. The number of halogens is 1. The number of anilines is 2. The number of nitriles is 1. The van der Waals surface area contributed by atoms with E-state index in [-0.39, 0.29) is 5.56 Å². The second-order valence-corrected chi connectivity index (χ2v) is 11.0. The maximum Gasteiger partial charge on any atom is 0.149 e. The molecular formula is C30H35FN6O. The standard InChI is InChI=1S/C30H35FN6O/c1-38-26-8-13-36(14-9-26)24-4-6-25(7-5-24)37-28(22-2-3-23(20-32)27(31)18-22)19-29(34-37)33-21-30-10-15-35(16-11-30)17-12-30/h2-7,18-19,26H,8-17,21H2,1H3,(H,33,34). The lowest BCUT2D eigenvalue weighted by Gasteiger charge is -2.48. The van der Waals surface area contributed by atoms with Crippen molar-refractivity contribution in [1.82, 2.24) is 14.7 Å². The molecule has 0 saturated carbocycles. The maximum atomic E-state index is 14.6. The molecule has 0 aliphatic carbocycles. The second-order valence-electron chi connectivity index (χ2n) is 11.0. The first-order valence-electron chi connectivity index (χ1n) is 13.7. The van der Waals surface area contributed by atoms with Gasteiger partial charge >= 0.3 is 0 Å². The van der Waals surface area contributed by atoms with Crippen LogP contribution in [0.2, 0.25) is 0 Å². The number of benzene rings is 2. The maximum absolute atomic E-state index is 14.6. The molecule has 7 nitrogen and oxygen atoms in total. The Bertz CT molecular complexity index is 1300. The van der Waals surface area contributed by atoms with Gasteiger partial charge < -0.3 is 19.9 Å². The van der Waals surface area contributed by atoms with Crippen molar-refractivity contribution in [3.8, 4) is 23.0 Å². The molecule has 0 spiro atoms. The van der Waals surface area contributed by atoms with Crippen LogP contribution in [0.25, 0.3) is 16.9 Å². The highest BCUT2D eigenvalue weighted by molar-refractivity contribution is 5.67. The smallest absolute Gasteiger partial charge is 0.149 e. The molecule has 1 aromatic heterocycles. The number of piperidine rings is 4. The number of nitrogens with one attached hydrogen (secondary N) is 1. The van der Waals surface area contributed by atoms with Crippen LogP contribution in [0.5, 0.6) is 0 Å². The van der Waals surface area contributed by atoms with E-state index < -0.39 is 5.82 Å². The summed E-state index contributed by atoms with van der Waals surface area (Å²) in [6.45, 7) is 6.39. The van der Waals surface area contributed by atoms with Gasteiger partial charge in [0.2, 0.25) is 0 Å². The van der Waals surface area contributed by atoms with Crippen LogP contribution in [0.1, 0.15) is 37.7 Å². The Morgan fingerprint density at radius 1 is 1.00 bits per heavy atom. The Labute approximate surface area is 223 Å². The van der Waals surface area contributed by atoms with Gasteiger partial charge in [-0.25, -0.2) is 9.07 Å². The van der Waals surface area contributed by atoms with Crippen molar-refractivity contribution in [3.05, 3.63) is 59.9 Å². The topological polar surface area (TPSA) is 69.3 Å². The van der Waals surface area contributed by atoms with Gasteiger partial charge in [0.25, 0.3) is 0 Å². The third-order valence-electron chi connectivity index (χ3n) is 8.85. The van der Waals surface area contributed by atoms with Gasteiger partial charge in [-0.05, 0) is 93.6 Å². The third kappa shape index (κ3) is 4.89. The Hall–Kier alpha value is -3.41. The van der Waals surface area contributed by atoms with E-state index in [9.17, 15) is 9.65 Å². The molecule has 4 saturated heterocycles. The van der Waals surface area contributed by atoms with E-state index >= 15 is 0 Å². The van der Waals surface area contributed by atoms with Gasteiger partial charge in [0.1, 0.15) is 17.7 Å². The Balaban J connectivity index is 1.28.